The molecule has 1 aromatic carbocycles. The summed E-state index contributed by atoms with van der Waals surface area (Å²) < 4.78 is 68.7. The normalized spacial score (nSPS) is 16.7. The van der Waals surface area contributed by atoms with Crippen LogP contribution in [-0.4, -0.2) is 41.2 Å². The second-order valence-electron chi connectivity index (χ2n) is 6.20. The van der Waals surface area contributed by atoms with E-state index in [1.54, 1.807) is 0 Å². The number of hydrogen-bond acceptors (Lipinski definition) is 6. The third-order valence-electron chi connectivity index (χ3n) is 4.20. The van der Waals surface area contributed by atoms with Gasteiger partial charge in [0.25, 0.3) is 5.56 Å². The second-order valence-corrected chi connectivity index (χ2v) is 6.61. The summed E-state index contributed by atoms with van der Waals surface area (Å²) in [5.41, 5.74) is -5.58. The molecule has 1 fully saturated rings. The molecular formula is C17H13ClF4N2O6. The van der Waals surface area contributed by atoms with Gasteiger partial charge < -0.3 is 14.2 Å². The van der Waals surface area contributed by atoms with Crippen LogP contribution in [0.4, 0.5) is 17.6 Å². The Morgan fingerprint density at radius 2 is 2.00 bits per heavy atom. The third kappa shape index (κ3) is 4.25. The van der Waals surface area contributed by atoms with Crippen LogP contribution in [0.5, 0.6) is 0 Å². The van der Waals surface area contributed by atoms with Crippen molar-refractivity contribution in [2.24, 2.45) is 7.05 Å². The highest BCUT2D eigenvalue weighted by atomic mass is 35.5. The van der Waals surface area contributed by atoms with Gasteiger partial charge in [-0.1, -0.05) is 11.6 Å². The molecule has 13 heteroatoms. The summed E-state index contributed by atoms with van der Waals surface area (Å²) in [7, 11) is 0.772. The molecule has 0 spiro atoms. The maximum absolute atomic E-state index is 14.4. The van der Waals surface area contributed by atoms with Gasteiger partial charge in [-0.05, 0) is 12.1 Å². The summed E-state index contributed by atoms with van der Waals surface area (Å²) >= 11 is 5.86. The predicted molar refractivity (Wildman–Crippen MR) is 93.2 cm³/mol. The van der Waals surface area contributed by atoms with Gasteiger partial charge in [0, 0.05) is 13.1 Å². The molecule has 0 aliphatic carbocycles. The molecule has 1 saturated heterocycles. The molecule has 0 amide bonds. The zero-order valence-corrected chi connectivity index (χ0v) is 15.9. The van der Waals surface area contributed by atoms with Crippen LogP contribution in [0, 0.1) is 5.82 Å². The highest BCUT2D eigenvalue weighted by Gasteiger charge is 2.35. The molecule has 30 heavy (non-hydrogen) atoms. The zero-order chi connectivity index (χ0) is 22.2. The lowest BCUT2D eigenvalue weighted by Gasteiger charge is -2.15. The molecule has 3 rings (SSSR count). The minimum absolute atomic E-state index is 0.0315. The van der Waals surface area contributed by atoms with Crippen molar-refractivity contribution in [3.05, 3.63) is 61.1 Å². The second kappa shape index (κ2) is 8.20. The number of carbonyl (C=O) groups is 1. The lowest BCUT2D eigenvalue weighted by molar-refractivity contribution is -0.144. The van der Waals surface area contributed by atoms with Gasteiger partial charge in [0.2, 0.25) is 0 Å². The molecule has 8 nitrogen and oxygen atoms in total. The Bertz CT molecular complexity index is 1110. The van der Waals surface area contributed by atoms with Crippen molar-refractivity contribution in [3.63, 3.8) is 0 Å². The SMILES string of the molecule is Cn1c(C(F)(F)F)cc(=O)n(-c2cc(C(=O)OCC3COCO3)c(Cl)cc2F)c1=O. The number of alkyl halides is 3. The maximum Gasteiger partial charge on any atom is 0.431 e. The van der Waals surface area contributed by atoms with E-state index in [0.29, 0.717) is 6.07 Å². The maximum atomic E-state index is 14.4. The number of hydrogen-bond donors (Lipinski definition) is 0. The largest absolute Gasteiger partial charge is 0.459 e. The third-order valence-corrected chi connectivity index (χ3v) is 4.51. The quantitative estimate of drug-likeness (QED) is 0.520. The molecule has 1 aromatic heterocycles. The Kier molecular flexibility index (Phi) is 6.01. The number of nitrogens with zero attached hydrogens (tertiary/aromatic N) is 2. The van der Waals surface area contributed by atoms with Crippen molar-refractivity contribution in [1.29, 1.82) is 0 Å². The van der Waals surface area contributed by atoms with Gasteiger partial charge in [0.05, 0.1) is 22.9 Å². The summed E-state index contributed by atoms with van der Waals surface area (Å²) in [4.78, 5) is 36.8. The fraction of sp³-hybridized carbons (Fsp3) is 0.353. The summed E-state index contributed by atoms with van der Waals surface area (Å²) in [6.45, 7) is 0.0142. The summed E-state index contributed by atoms with van der Waals surface area (Å²) in [5, 5.41) is -0.387. The van der Waals surface area contributed by atoms with Crippen molar-refractivity contribution < 1.29 is 36.6 Å². The van der Waals surface area contributed by atoms with Gasteiger partial charge in [-0.2, -0.15) is 13.2 Å². The van der Waals surface area contributed by atoms with Gasteiger partial charge in [0.15, 0.2) is 0 Å². The molecule has 0 N–H and O–H groups in total. The monoisotopic (exact) mass is 452 g/mol. The van der Waals surface area contributed by atoms with Crippen molar-refractivity contribution >= 4 is 17.6 Å². The molecule has 1 atom stereocenters. The molecule has 162 valence electrons. The van der Waals surface area contributed by atoms with Gasteiger partial charge >= 0.3 is 17.8 Å². The average molecular weight is 453 g/mol. The van der Waals surface area contributed by atoms with E-state index in [-0.39, 0.29) is 40.2 Å². The number of aromatic nitrogens is 2. The number of halogens is 5. The molecule has 0 saturated carbocycles. The number of carbonyl (C=O) groups excluding carboxylic acids is 1. The van der Waals surface area contributed by atoms with Crippen LogP contribution >= 0.6 is 11.6 Å². The standard InChI is InChI=1S/C17H13ClF4N2O6/c1-23-13(17(20,21)22)4-14(25)24(16(23)27)12-2-9(10(18)3-11(12)19)15(26)29-6-8-5-28-7-30-8/h2-4,8H,5-7H2,1H3. The minimum Gasteiger partial charge on any atom is -0.459 e. The molecule has 1 aliphatic heterocycles. The van der Waals surface area contributed by atoms with E-state index in [1.165, 1.54) is 0 Å². The summed E-state index contributed by atoms with van der Waals surface area (Å²) in [5.74, 6) is -2.23. The van der Waals surface area contributed by atoms with Gasteiger partial charge in [-0.25, -0.2) is 18.5 Å². The van der Waals surface area contributed by atoms with Gasteiger partial charge in [0.1, 0.15) is 31.0 Å². The highest BCUT2D eigenvalue weighted by molar-refractivity contribution is 6.33. The predicted octanol–water partition coefficient (Wildman–Crippen LogP) is 1.88. The van der Waals surface area contributed by atoms with Crippen LogP contribution in [-0.2, 0) is 27.4 Å². The van der Waals surface area contributed by atoms with Crippen molar-refractivity contribution in [2.45, 2.75) is 12.3 Å². The molecule has 2 aromatic rings. The van der Waals surface area contributed by atoms with E-state index in [0.717, 1.165) is 13.1 Å². The van der Waals surface area contributed by atoms with Crippen LogP contribution in [0.15, 0.2) is 27.8 Å². The Morgan fingerprint density at radius 3 is 2.60 bits per heavy atom. The minimum atomic E-state index is -4.98. The number of rotatable bonds is 4. The van der Waals surface area contributed by atoms with Crippen LogP contribution < -0.4 is 11.2 Å². The molecule has 2 heterocycles. The van der Waals surface area contributed by atoms with Crippen LogP contribution in [0.2, 0.25) is 5.02 Å². The first-order valence-electron chi connectivity index (χ1n) is 8.27. The first kappa shape index (κ1) is 22.0. The van der Waals surface area contributed by atoms with E-state index < -0.39 is 52.3 Å². The van der Waals surface area contributed by atoms with Gasteiger partial charge in [-0.15, -0.1) is 0 Å². The highest BCUT2D eigenvalue weighted by Crippen LogP contribution is 2.27. The summed E-state index contributed by atoms with van der Waals surface area (Å²) in [6.07, 6.45) is -5.50. The number of benzene rings is 1. The fourth-order valence-corrected chi connectivity index (χ4v) is 2.93. The topological polar surface area (TPSA) is 88.8 Å². The summed E-state index contributed by atoms with van der Waals surface area (Å²) in [6, 6.07) is 1.54. The Morgan fingerprint density at radius 1 is 1.30 bits per heavy atom. The van der Waals surface area contributed by atoms with E-state index in [1.807, 2.05) is 0 Å². The lowest BCUT2D eigenvalue weighted by atomic mass is 10.2. The van der Waals surface area contributed by atoms with Crippen molar-refractivity contribution in [3.8, 4) is 5.69 Å². The molecular weight excluding hydrogens is 440 g/mol. The van der Waals surface area contributed by atoms with Crippen LogP contribution in [0.1, 0.15) is 16.1 Å². The molecule has 0 bridgehead atoms. The molecule has 1 unspecified atom stereocenters. The Labute approximate surface area is 170 Å². The van der Waals surface area contributed by atoms with E-state index in [2.05, 4.69) is 0 Å². The fourth-order valence-electron chi connectivity index (χ4n) is 2.70. The lowest BCUT2D eigenvalue weighted by Crippen LogP contribution is -2.41. The van der Waals surface area contributed by atoms with Crippen LogP contribution in [0.25, 0.3) is 5.69 Å². The van der Waals surface area contributed by atoms with E-state index >= 15 is 0 Å². The Balaban J connectivity index is 2.04. The molecule has 1 aliphatic rings. The number of ether oxygens (including phenoxy) is 3. The first-order chi connectivity index (χ1) is 14.0. The smallest absolute Gasteiger partial charge is 0.431 e. The van der Waals surface area contributed by atoms with E-state index in [4.69, 9.17) is 25.8 Å². The molecule has 0 radical (unpaired) electrons. The number of esters is 1. The van der Waals surface area contributed by atoms with Crippen molar-refractivity contribution in [2.75, 3.05) is 20.0 Å². The van der Waals surface area contributed by atoms with Crippen LogP contribution in [0.3, 0.4) is 0 Å². The van der Waals surface area contributed by atoms with E-state index in [9.17, 15) is 31.9 Å². The van der Waals surface area contributed by atoms with Crippen molar-refractivity contribution in [1.82, 2.24) is 9.13 Å². The van der Waals surface area contributed by atoms with Gasteiger partial charge in [-0.3, -0.25) is 9.36 Å². The average Bonchev–Trinajstić information content (AvgIpc) is 3.17. The first-order valence-corrected chi connectivity index (χ1v) is 8.64. The Hall–Kier alpha value is -2.70. The zero-order valence-electron chi connectivity index (χ0n) is 15.2.